The maximum atomic E-state index is 12.6. The molecule has 4 heteroatoms. The van der Waals surface area contributed by atoms with Gasteiger partial charge in [-0.1, -0.05) is 47.7 Å². The summed E-state index contributed by atoms with van der Waals surface area (Å²) >= 11 is 1.43. The predicted octanol–water partition coefficient (Wildman–Crippen LogP) is 2.77. The van der Waals surface area contributed by atoms with Gasteiger partial charge in [0.25, 0.3) is 5.56 Å². The molecule has 3 nitrogen and oxygen atoms in total. The molecule has 0 spiro atoms. The van der Waals surface area contributed by atoms with E-state index in [9.17, 15) is 4.79 Å². The molecule has 0 bridgehead atoms. The second-order valence-electron chi connectivity index (χ2n) is 5.05. The normalized spacial score (nSPS) is 12.5. The lowest BCUT2D eigenvalue weighted by molar-refractivity contribution is 1.19. The zero-order valence-electron chi connectivity index (χ0n) is 11.4. The minimum absolute atomic E-state index is 0.00482. The number of aryl methyl sites for hydroxylation is 1. The summed E-state index contributed by atoms with van der Waals surface area (Å²) in [7, 11) is 0. The van der Waals surface area contributed by atoms with E-state index in [4.69, 9.17) is 0 Å². The molecule has 2 aromatic carbocycles. The number of hydrogen-bond acceptors (Lipinski definition) is 3. The molecule has 102 valence electrons. The molecule has 4 aromatic rings. The zero-order chi connectivity index (χ0) is 14.4. The summed E-state index contributed by atoms with van der Waals surface area (Å²) in [5, 5.41) is 0. The van der Waals surface area contributed by atoms with E-state index in [1.165, 1.54) is 11.3 Å². The third-order valence-corrected chi connectivity index (χ3v) is 4.46. The number of hydrogen-bond donors (Lipinski definition) is 0. The number of benzene rings is 2. The second kappa shape index (κ2) is 4.53. The van der Waals surface area contributed by atoms with Gasteiger partial charge in [0.05, 0.1) is 15.6 Å². The van der Waals surface area contributed by atoms with Crippen molar-refractivity contribution >= 4 is 33.4 Å². The van der Waals surface area contributed by atoms with E-state index >= 15 is 0 Å². The molecule has 0 saturated heterocycles. The van der Waals surface area contributed by atoms with Gasteiger partial charge in [-0.05, 0) is 36.3 Å². The summed E-state index contributed by atoms with van der Waals surface area (Å²) in [6.45, 7) is 2.03. The van der Waals surface area contributed by atoms with Crippen LogP contribution in [0, 0.1) is 6.92 Å². The van der Waals surface area contributed by atoms with Gasteiger partial charge in [-0.2, -0.15) is 0 Å². The van der Waals surface area contributed by atoms with Crippen LogP contribution in [0.3, 0.4) is 0 Å². The van der Waals surface area contributed by atoms with Crippen LogP contribution in [-0.2, 0) is 0 Å². The Balaban J connectivity index is 2.04. The lowest BCUT2D eigenvalue weighted by Crippen LogP contribution is -2.22. The Kier molecular flexibility index (Phi) is 2.65. The molecule has 0 amide bonds. The van der Waals surface area contributed by atoms with E-state index in [1.807, 2.05) is 61.5 Å². The molecule has 0 atom stereocenters. The van der Waals surface area contributed by atoms with Crippen LogP contribution in [0.1, 0.15) is 11.1 Å². The maximum absolute atomic E-state index is 12.6. The fourth-order valence-corrected chi connectivity index (χ4v) is 3.46. The smallest absolute Gasteiger partial charge is 0.267 e. The summed E-state index contributed by atoms with van der Waals surface area (Å²) in [5.41, 5.74) is 3.94. The van der Waals surface area contributed by atoms with Gasteiger partial charge in [-0.15, -0.1) is 0 Å². The third kappa shape index (κ3) is 1.96. The Morgan fingerprint density at radius 3 is 2.76 bits per heavy atom. The molecule has 0 N–H and O–H groups in total. The minimum Gasteiger partial charge on any atom is -0.267 e. The van der Waals surface area contributed by atoms with Crippen molar-refractivity contribution in [1.29, 1.82) is 0 Å². The molecular weight excluding hydrogens is 280 g/mol. The molecule has 0 aliphatic rings. The molecular formula is C17H12N2OS. The minimum atomic E-state index is 0.00482. The van der Waals surface area contributed by atoms with Crippen LogP contribution in [0.25, 0.3) is 22.1 Å². The van der Waals surface area contributed by atoms with Gasteiger partial charge in [0.15, 0.2) is 4.96 Å². The van der Waals surface area contributed by atoms with Crippen LogP contribution in [-0.4, -0.2) is 9.38 Å². The van der Waals surface area contributed by atoms with Crippen molar-refractivity contribution < 1.29 is 0 Å². The Bertz CT molecular complexity index is 1060. The van der Waals surface area contributed by atoms with Crippen molar-refractivity contribution in [1.82, 2.24) is 9.38 Å². The quantitative estimate of drug-likeness (QED) is 0.540. The van der Waals surface area contributed by atoms with Crippen LogP contribution in [0.5, 0.6) is 0 Å². The topological polar surface area (TPSA) is 34.4 Å². The summed E-state index contributed by atoms with van der Waals surface area (Å²) in [6, 6.07) is 15.9. The van der Waals surface area contributed by atoms with Gasteiger partial charge in [0.2, 0.25) is 0 Å². The number of thiazole rings is 1. The molecule has 2 heterocycles. The predicted molar refractivity (Wildman–Crippen MR) is 86.8 cm³/mol. The van der Waals surface area contributed by atoms with Gasteiger partial charge >= 0.3 is 0 Å². The van der Waals surface area contributed by atoms with E-state index in [0.717, 1.165) is 27.1 Å². The number of rotatable bonds is 1. The summed E-state index contributed by atoms with van der Waals surface area (Å²) < 4.78 is 2.42. The van der Waals surface area contributed by atoms with Gasteiger partial charge in [0, 0.05) is 0 Å². The average molecular weight is 292 g/mol. The fraction of sp³-hybridized carbons (Fsp3) is 0.0588. The van der Waals surface area contributed by atoms with Crippen molar-refractivity contribution in [2.45, 2.75) is 6.92 Å². The fourth-order valence-electron chi connectivity index (χ4n) is 2.48. The summed E-state index contributed by atoms with van der Waals surface area (Å²) in [4.78, 5) is 17.9. The molecule has 2 aromatic heterocycles. The molecule has 0 aliphatic carbocycles. The lowest BCUT2D eigenvalue weighted by Gasteiger charge is -1.91. The van der Waals surface area contributed by atoms with Gasteiger partial charge in [-0.3, -0.25) is 4.79 Å². The third-order valence-electron chi connectivity index (χ3n) is 3.49. The maximum Gasteiger partial charge on any atom is 0.274 e. The molecule has 0 unspecified atom stereocenters. The Hall–Kier alpha value is -2.46. The first kappa shape index (κ1) is 12.3. The molecule has 0 radical (unpaired) electrons. The van der Waals surface area contributed by atoms with Crippen molar-refractivity contribution in [3.63, 3.8) is 0 Å². The van der Waals surface area contributed by atoms with Gasteiger partial charge in [-0.25, -0.2) is 9.38 Å². The van der Waals surface area contributed by atoms with Crippen molar-refractivity contribution in [3.05, 3.63) is 74.5 Å². The first-order valence-electron chi connectivity index (χ1n) is 6.71. The van der Waals surface area contributed by atoms with Crippen LogP contribution in [0.2, 0.25) is 0 Å². The van der Waals surface area contributed by atoms with E-state index in [0.29, 0.717) is 4.53 Å². The van der Waals surface area contributed by atoms with Crippen molar-refractivity contribution in [3.8, 4) is 0 Å². The molecule has 0 aliphatic heterocycles. The molecule has 0 fully saturated rings. The monoisotopic (exact) mass is 292 g/mol. The Morgan fingerprint density at radius 1 is 1.14 bits per heavy atom. The second-order valence-corrected chi connectivity index (χ2v) is 6.06. The first-order chi connectivity index (χ1) is 10.2. The van der Waals surface area contributed by atoms with E-state index in [1.54, 1.807) is 4.40 Å². The number of imidazole rings is 1. The Morgan fingerprint density at radius 2 is 1.95 bits per heavy atom. The summed E-state index contributed by atoms with van der Waals surface area (Å²) in [5.74, 6) is 0. The lowest BCUT2D eigenvalue weighted by atomic mass is 10.2. The summed E-state index contributed by atoms with van der Waals surface area (Å²) in [6.07, 6.45) is 1.92. The van der Waals surface area contributed by atoms with E-state index < -0.39 is 0 Å². The highest BCUT2D eigenvalue weighted by atomic mass is 32.1. The molecule has 0 saturated carbocycles. The Labute approximate surface area is 124 Å². The highest BCUT2D eigenvalue weighted by molar-refractivity contribution is 7.15. The van der Waals surface area contributed by atoms with E-state index in [2.05, 4.69) is 4.98 Å². The SMILES string of the molecule is Cc1ccc2c(c1)nc1s/c(=C\c3ccccc3)c(=O)n12. The molecule has 4 rings (SSSR count). The van der Waals surface area contributed by atoms with Gasteiger partial charge in [0.1, 0.15) is 0 Å². The zero-order valence-corrected chi connectivity index (χ0v) is 12.2. The number of nitrogens with zero attached hydrogens (tertiary/aromatic N) is 2. The molecule has 21 heavy (non-hydrogen) atoms. The largest absolute Gasteiger partial charge is 0.274 e. The highest BCUT2D eigenvalue weighted by Gasteiger charge is 2.10. The highest BCUT2D eigenvalue weighted by Crippen LogP contribution is 2.17. The van der Waals surface area contributed by atoms with Crippen molar-refractivity contribution in [2.24, 2.45) is 0 Å². The van der Waals surface area contributed by atoms with Crippen molar-refractivity contribution in [2.75, 3.05) is 0 Å². The van der Waals surface area contributed by atoms with Crippen LogP contribution >= 0.6 is 11.3 Å². The standard InChI is InChI=1S/C17H12N2OS/c1-11-7-8-14-13(9-11)18-17-19(14)16(20)15(21-17)10-12-5-3-2-4-6-12/h2-10H,1H3/b15-10-. The van der Waals surface area contributed by atoms with Gasteiger partial charge < -0.3 is 0 Å². The number of fused-ring (bicyclic) bond motifs is 3. The number of aromatic nitrogens is 2. The average Bonchev–Trinajstić information content (AvgIpc) is 2.97. The van der Waals surface area contributed by atoms with Crippen LogP contribution in [0.15, 0.2) is 53.3 Å². The van der Waals surface area contributed by atoms with E-state index in [-0.39, 0.29) is 5.56 Å². The van der Waals surface area contributed by atoms with Crippen LogP contribution < -0.4 is 10.1 Å². The van der Waals surface area contributed by atoms with Crippen LogP contribution in [0.4, 0.5) is 0 Å². The first-order valence-corrected chi connectivity index (χ1v) is 7.52.